The molecule has 2 N–H and O–H groups in total. The monoisotopic (exact) mass is 372 g/mol. The van der Waals surface area contributed by atoms with Gasteiger partial charge in [-0.3, -0.25) is 10.1 Å². The normalized spacial score (nSPS) is 16.8. The molecular formula is C21H44N2O3. The molecule has 0 aliphatic heterocycles. The second-order valence-corrected chi connectivity index (χ2v) is 8.33. The summed E-state index contributed by atoms with van der Waals surface area (Å²) in [5, 5.41) is 6.61. The molecule has 26 heavy (non-hydrogen) atoms. The van der Waals surface area contributed by atoms with E-state index >= 15 is 0 Å². The predicted octanol–water partition coefficient (Wildman–Crippen LogP) is 4.26. The Balaban J connectivity index is 5.32. The van der Waals surface area contributed by atoms with E-state index in [1.54, 1.807) is 7.11 Å². The first-order chi connectivity index (χ1) is 12.2. The Kier molecular flexibility index (Phi) is 12.4. The van der Waals surface area contributed by atoms with Crippen LogP contribution in [0.4, 0.5) is 0 Å². The van der Waals surface area contributed by atoms with E-state index in [9.17, 15) is 4.79 Å². The molecular weight excluding hydrogens is 328 g/mol. The molecule has 0 heterocycles. The minimum absolute atomic E-state index is 0.00820. The largest absolute Gasteiger partial charge is 0.383 e. The van der Waals surface area contributed by atoms with Crippen LogP contribution in [0, 0.1) is 5.41 Å². The highest BCUT2D eigenvalue weighted by Crippen LogP contribution is 2.32. The third kappa shape index (κ3) is 8.83. The maximum Gasteiger partial charge on any atom is 0.252 e. The molecule has 3 atom stereocenters. The average molecular weight is 373 g/mol. The first-order valence-corrected chi connectivity index (χ1v) is 10.4. The molecule has 0 aromatic heterocycles. The van der Waals surface area contributed by atoms with Crippen molar-refractivity contribution in [3.63, 3.8) is 0 Å². The van der Waals surface area contributed by atoms with Gasteiger partial charge in [0, 0.05) is 25.1 Å². The third-order valence-electron chi connectivity index (χ3n) is 4.92. The van der Waals surface area contributed by atoms with Crippen LogP contribution in [0.15, 0.2) is 0 Å². The topological polar surface area (TPSA) is 59.6 Å². The van der Waals surface area contributed by atoms with E-state index in [-0.39, 0.29) is 23.6 Å². The molecule has 0 radical (unpaired) electrons. The molecule has 0 saturated heterocycles. The van der Waals surface area contributed by atoms with Crippen molar-refractivity contribution in [3.05, 3.63) is 0 Å². The molecule has 0 saturated carbocycles. The summed E-state index contributed by atoms with van der Waals surface area (Å²) < 4.78 is 11.7. The summed E-state index contributed by atoms with van der Waals surface area (Å²) in [6, 6.07) is 0.163. The van der Waals surface area contributed by atoms with E-state index in [1.807, 2.05) is 6.92 Å². The Bertz CT molecular complexity index is 387. The van der Waals surface area contributed by atoms with E-state index in [4.69, 9.17) is 9.47 Å². The van der Waals surface area contributed by atoms with Gasteiger partial charge in [-0.25, -0.2) is 0 Å². The minimum Gasteiger partial charge on any atom is -0.383 e. The summed E-state index contributed by atoms with van der Waals surface area (Å²) in [5.74, 6) is -0.00820. The van der Waals surface area contributed by atoms with Crippen molar-refractivity contribution in [1.29, 1.82) is 0 Å². The summed E-state index contributed by atoms with van der Waals surface area (Å²) in [7, 11) is 1.69. The molecule has 5 nitrogen and oxygen atoms in total. The van der Waals surface area contributed by atoms with Gasteiger partial charge in [0.2, 0.25) is 0 Å². The van der Waals surface area contributed by atoms with Gasteiger partial charge in [-0.05, 0) is 33.1 Å². The van der Waals surface area contributed by atoms with Crippen LogP contribution in [-0.4, -0.2) is 44.0 Å². The van der Waals surface area contributed by atoms with Gasteiger partial charge in [-0.1, -0.05) is 53.9 Å². The highest BCUT2D eigenvalue weighted by atomic mass is 16.5. The zero-order valence-electron chi connectivity index (χ0n) is 18.5. The molecule has 3 unspecified atom stereocenters. The molecule has 0 aromatic carbocycles. The Morgan fingerprint density at radius 2 is 1.65 bits per heavy atom. The van der Waals surface area contributed by atoms with Gasteiger partial charge in [0.25, 0.3) is 5.91 Å². The summed E-state index contributed by atoms with van der Waals surface area (Å²) in [6.45, 7) is 16.1. The van der Waals surface area contributed by atoms with Gasteiger partial charge in [-0.2, -0.15) is 0 Å². The number of hydrogen-bond donors (Lipinski definition) is 2. The van der Waals surface area contributed by atoms with Crippen molar-refractivity contribution in [3.8, 4) is 0 Å². The van der Waals surface area contributed by atoms with Gasteiger partial charge >= 0.3 is 0 Å². The molecule has 1 amide bonds. The SMILES string of the molecule is CCCC(C)NC(=O)C(C)(CCC)OC(NCCOC)C(C)(C)CCC. The van der Waals surface area contributed by atoms with Crippen molar-refractivity contribution in [2.75, 3.05) is 20.3 Å². The van der Waals surface area contributed by atoms with Gasteiger partial charge in [0.15, 0.2) is 0 Å². The first-order valence-electron chi connectivity index (χ1n) is 10.4. The van der Waals surface area contributed by atoms with Crippen molar-refractivity contribution in [2.45, 2.75) is 105 Å². The summed E-state index contributed by atoms with van der Waals surface area (Å²) in [4.78, 5) is 13.0. The van der Waals surface area contributed by atoms with Gasteiger partial charge < -0.3 is 14.8 Å². The number of ether oxygens (including phenoxy) is 2. The number of amides is 1. The average Bonchev–Trinajstić information content (AvgIpc) is 2.54. The molecule has 0 aromatic rings. The van der Waals surface area contributed by atoms with Gasteiger partial charge in [0.05, 0.1) is 6.61 Å². The van der Waals surface area contributed by atoms with Crippen LogP contribution >= 0.6 is 0 Å². The Morgan fingerprint density at radius 1 is 1.04 bits per heavy atom. The number of hydrogen-bond acceptors (Lipinski definition) is 4. The van der Waals surface area contributed by atoms with E-state index in [0.717, 1.165) is 32.1 Å². The van der Waals surface area contributed by atoms with Crippen LogP contribution in [0.3, 0.4) is 0 Å². The molecule has 0 aliphatic rings. The van der Waals surface area contributed by atoms with E-state index in [2.05, 4.69) is 52.2 Å². The number of carbonyl (C=O) groups is 1. The summed E-state index contributed by atoms with van der Waals surface area (Å²) in [5.41, 5.74) is -0.917. The maximum absolute atomic E-state index is 13.0. The lowest BCUT2D eigenvalue weighted by molar-refractivity contribution is -0.172. The fourth-order valence-electron chi connectivity index (χ4n) is 3.39. The molecule has 0 spiro atoms. The van der Waals surface area contributed by atoms with Crippen LogP contribution in [0.1, 0.15) is 87.0 Å². The number of nitrogens with one attached hydrogen (secondary N) is 2. The fraction of sp³-hybridized carbons (Fsp3) is 0.952. The zero-order chi connectivity index (χ0) is 20.2. The highest BCUT2D eigenvalue weighted by Gasteiger charge is 2.41. The van der Waals surface area contributed by atoms with Crippen LogP contribution in [0.2, 0.25) is 0 Å². The lowest BCUT2D eigenvalue weighted by Gasteiger charge is -2.41. The molecule has 0 rings (SSSR count). The van der Waals surface area contributed by atoms with Crippen LogP contribution in [0.5, 0.6) is 0 Å². The third-order valence-corrected chi connectivity index (χ3v) is 4.92. The molecule has 0 bridgehead atoms. The maximum atomic E-state index is 13.0. The molecule has 156 valence electrons. The lowest BCUT2D eigenvalue weighted by atomic mass is 9.85. The Morgan fingerprint density at radius 3 is 2.15 bits per heavy atom. The standard InChI is InChI=1S/C21H44N2O3/c1-9-12-17(4)23-18(24)21(7,14-11-3)26-19(22-15-16-25-8)20(5,6)13-10-2/h17,19,22H,9-16H2,1-8H3,(H,23,24). The second-order valence-electron chi connectivity index (χ2n) is 8.33. The Labute approximate surface area is 162 Å². The summed E-state index contributed by atoms with van der Waals surface area (Å²) >= 11 is 0. The second kappa shape index (κ2) is 12.7. The summed E-state index contributed by atoms with van der Waals surface area (Å²) in [6.07, 6.45) is 5.51. The lowest BCUT2D eigenvalue weighted by Crippen LogP contribution is -2.56. The number of carbonyl (C=O) groups excluding carboxylic acids is 1. The van der Waals surface area contributed by atoms with E-state index in [0.29, 0.717) is 19.6 Å². The van der Waals surface area contributed by atoms with Gasteiger partial charge in [-0.15, -0.1) is 0 Å². The fourth-order valence-corrected chi connectivity index (χ4v) is 3.39. The van der Waals surface area contributed by atoms with E-state index in [1.165, 1.54) is 0 Å². The van der Waals surface area contributed by atoms with Crippen molar-refractivity contribution < 1.29 is 14.3 Å². The molecule has 5 heteroatoms. The highest BCUT2D eigenvalue weighted by molar-refractivity contribution is 5.85. The number of methoxy groups -OCH3 is 1. The van der Waals surface area contributed by atoms with Crippen molar-refractivity contribution in [2.24, 2.45) is 5.41 Å². The van der Waals surface area contributed by atoms with Crippen LogP contribution in [-0.2, 0) is 14.3 Å². The minimum atomic E-state index is -0.841. The smallest absolute Gasteiger partial charge is 0.252 e. The van der Waals surface area contributed by atoms with Gasteiger partial charge in [0.1, 0.15) is 11.8 Å². The Hall–Kier alpha value is -0.650. The zero-order valence-corrected chi connectivity index (χ0v) is 18.5. The predicted molar refractivity (Wildman–Crippen MR) is 109 cm³/mol. The molecule has 0 fully saturated rings. The first kappa shape index (κ1) is 25.4. The quantitative estimate of drug-likeness (QED) is 0.333. The van der Waals surface area contributed by atoms with Crippen molar-refractivity contribution >= 4 is 5.91 Å². The van der Waals surface area contributed by atoms with Crippen LogP contribution < -0.4 is 10.6 Å². The number of rotatable bonds is 15. The molecule has 0 aliphatic carbocycles. The van der Waals surface area contributed by atoms with Crippen LogP contribution in [0.25, 0.3) is 0 Å². The van der Waals surface area contributed by atoms with E-state index < -0.39 is 5.60 Å². The van der Waals surface area contributed by atoms with Crippen molar-refractivity contribution in [1.82, 2.24) is 10.6 Å².